The van der Waals surface area contributed by atoms with Crippen molar-refractivity contribution in [3.8, 4) is 0 Å². The molecule has 0 aliphatic carbocycles. The Morgan fingerprint density at radius 1 is 1.05 bits per heavy atom. The van der Waals surface area contributed by atoms with Crippen molar-refractivity contribution < 1.29 is 4.39 Å². The summed E-state index contributed by atoms with van der Waals surface area (Å²) in [7, 11) is 2.05. The highest BCUT2D eigenvalue weighted by molar-refractivity contribution is 9.10. The van der Waals surface area contributed by atoms with Crippen LogP contribution >= 0.6 is 15.9 Å². The number of benzene rings is 2. The normalized spacial score (nSPS) is 11.1. The molecule has 0 fully saturated rings. The molecule has 20 heavy (non-hydrogen) atoms. The molecule has 0 aliphatic heterocycles. The molecule has 0 saturated carbocycles. The van der Waals surface area contributed by atoms with Gasteiger partial charge in [-0.3, -0.25) is 4.90 Å². The molecule has 0 aliphatic rings. The predicted octanol–water partition coefficient (Wildman–Crippen LogP) is 3.68. The van der Waals surface area contributed by atoms with Crippen LogP contribution in [0.4, 0.5) is 4.39 Å². The molecule has 2 aromatic rings. The molecule has 0 radical (unpaired) electrons. The van der Waals surface area contributed by atoms with Crippen LogP contribution in [-0.2, 0) is 19.6 Å². The van der Waals surface area contributed by atoms with E-state index < -0.39 is 0 Å². The number of halogens is 2. The molecule has 2 rings (SSSR count). The molecule has 0 saturated heterocycles. The smallest absolute Gasteiger partial charge is 0.123 e. The third-order valence-corrected chi connectivity index (χ3v) is 3.90. The van der Waals surface area contributed by atoms with E-state index in [4.69, 9.17) is 5.73 Å². The van der Waals surface area contributed by atoms with E-state index in [1.807, 2.05) is 25.2 Å². The van der Waals surface area contributed by atoms with Gasteiger partial charge >= 0.3 is 0 Å². The first-order valence-electron chi connectivity index (χ1n) is 6.49. The van der Waals surface area contributed by atoms with Crippen LogP contribution in [0.25, 0.3) is 0 Å². The van der Waals surface area contributed by atoms with Gasteiger partial charge in [-0.25, -0.2) is 4.39 Å². The number of hydrogen-bond acceptors (Lipinski definition) is 2. The lowest BCUT2D eigenvalue weighted by molar-refractivity contribution is 0.318. The standard InChI is InChI=1S/C16H18BrFN2/c1-20(10-12-3-6-15(18)7-4-12)11-14-5-2-13(9-19)8-16(14)17/h2-8H,9-11,19H2,1H3. The Kier molecular flexibility index (Phi) is 5.29. The molecular weight excluding hydrogens is 319 g/mol. The lowest BCUT2D eigenvalue weighted by Gasteiger charge is -2.18. The molecule has 106 valence electrons. The molecule has 4 heteroatoms. The van der Waals surface area contributed by atoms with Crippen molar-refractivity contribution >= 4 is 15.9 Å². The number of rotatable bonds is 5. The Hall–Kier alpha value is -1.23. The largest absolute Gasteiger partial charge is 0.326 e. The quantitative estimate of drug-likeness (QED) is 0.902. The van der Waals surface area contributed by atoms with E-state index in [0.29, 0.717) is 6.54 Å². The van der Waals surface area contributed by atoms with Gasteiger partial charge in [0.05, 0.1) is 0 Å². The van der Waals surface area contributed by atoms with E-state index in [-0.39, 0.29) is 5.82 Å². The Balaban J connectivity index is 2.00. The third-order valence-electron chi connectivity index (χ3n) is 3.16. The molecule has 0 bridgehead atoms. The number of hydrogen-bond donors (Lipinski definition) is 1. The van der Waals surface area contributed by atoms with Crippen LogP contribution in [-0.4, -0.2) is 11.9 Å². The fourth-order valence-electron chi connectivity index (χ4n) is 2.09. The van der Waals surface area contributed by atoms with Crippen molar-refractivity contribution in [1.82, 2.24) is 4.90 Å². The molecular formula is C16H18BrFN2. The lowest BCUT2D eigenvalue weighted by atomic mass is 10.1. The highest BCUT2D eigenvalue weighted by atomic mass is 79.9. The molecule has 2 aromatic carbocycles. The second-order valence-corrected chi connectivity index (χ2v) is 5.78. The van der Waals surface area contributed by atoms with E-state index >= 15 is 0 Å². The fraction of sp³-hybridized carbons (Fsp3) is 0.250. The monoisotopic (exact) mass is 336 g/mol. The molecule has 0 unspecified atom stereocenters. The van der Waals surface area contributed by atoms with E-state index in [1.165, 1.54) is 17.7 Å². The van der Waals surface area contributed by atoms with Gasteiger partial charge in [0.1, 0.15) is 5.82 Å². The first kappa shape index (κ1) is 15.2. The Labute approximate surface area is 127 Å². The summed E-state index contributed by atoms with van der Waals surface area (Å²) < 4.78 is 13.9. The molecule has 0 aromatic heterocycles. The van der Waals surface area contributed by atoms with Gasteiger partial charge in [0.25, 0.3) is 0 Å². The minimum atomic E-state index is -0.198. The predicted molar refractivity (Wildman–Crippen MR) is 83.6 cm³/mol. The maximum atomic E-state index is 12.9. The topological polar surface area (TPSA) is 29.3 Å². The van der Waals surface area contributed by atoms with Crippen molar-refractivity contribution in [1.29, 1.82) is 0 Å². The summed E-state index contributed by atoms with van der Waals surface area (Å²) in [6.07, 6.45) is 0. The van der Waals surface area contributed by atoms with E-state index in [9.17, 15) is 4.39 Å². The van der Waals surface area contributed by atoms with Gasteiger partial charge in [0.2, 0.25) is 0 Å². The first-order chi connectivity index (χ1) is 9.58. The summed E-state index contributed by atoms with van der Waals surface area (Å²) in [5.74, 6) is -0.198. The molecule has 0 heterocycles. The summed E-state index contributed by atoms with van der Waals surface area (Å²) in [6.45, 7) is 2.15. The molecule has 0 atom stereocenters. The second-order valence-electron chi connectivity index (χ2n) is 4.93. The zero-order valence-corrected chi connectivity index (χ0v) is 13.0. The Morgan fingerprint density at radius 2 is 1.70 bits per heavy atom. The van der Waals surface area contributed by atoms with Crippen LogP contribution in [0.2, 0.25) is 0 Å². The maximum absolute atomic E-state index is 12.9. The van der Waals surface area contributed by atoms with Gasteiger partial charge in [-0.2, -0.15) is 0 Å². The molecule has 0 spiro atoms. The molecule has 2 N–H and O–H groups in total. The van der Waals surface area contributed by atoms with E-state index in [2.05, 4.69) is 33.0 Å². The highest BCUT2D eigenvalue weighted by Gasteiger charge is 2.06. The van der Waals surface area contributed by atoms with Crippen LogP contribution in [0.3, 0.4) is 0 Å². The van der Waals surface area contributed by atoms with E-state index in [0.717, 1.165) is 28.7 Å². The summed E-state index contributed by atoms with van der Waals surface area (Å²) in [4.78, 5) is 2.19. The van der Waals surface area contributed by atoms with Crippen LogP contribution in [0.5, 0.6) is 0 Å². The number of nitrogens with zero attached hydrogens (tertiary/aromatic N) is 1. The van der Waals surface area contributed by atoms with Gasteiger partial charge < -0.3 is 5.73 Å². The molecule has 0 amide bonds. The average molecular weight is 337 g/mol. The van der Waals surface area contributed by atoms with Gasteiger partial charge in [0.15, 0.2) is 0 Å². The van der Waals surface area contributed by atoms with Crippen LogP contribution in [0.1, 0.15) is 16.7 Å². The van der Waals surface area contributed by atoms with E-state index in [1.54, 1.807) is 0 Å². The highest BCUT2D eigenvalue weighted by Crippen LogP contribution is 2.20. The molecule has 2 nitrogen and oxygen atoms in total. The van der Waals surface area contributed by atoms with Gasteiger partial charge in [-0.15, -0.1) is 0 Å². The maximum Gasteiger partial charge on any atom is 0.123 e. The van der Waals surface area contributed by atoms with Crippen molar-refractivity contribution in [2.45, 2.75) is 19.6 Å². The van der Waals surface area contributed by atoms with Crippen LogP contribution < -0.4 is 5.73 Å². The van der Waals surface area contributed by atoms with Gasteiger partial charge in [-0.1, -0.05) is 40.2 Å². The average Bonchev–Trinajstić information content (AvgIpc) is 2.43. The van der Waals surface area contributed by atoms with Crippen molar-refractivity contribution in [3.05, 3.63) is 69.4 Å². The van der Waals surface area contributed by atoms with Crippen LogP contribution in [0.15, 0.2) is 46.9 Å². The Bertz CT molecular complexity index is 569. The van der Waals surface area contributed by atoms with Crippen molar-refractivity contribution in [2.24, 2.45) is 5.73 Å². The fourth-order valence-corrected chi connectivity index (χ4v) is 2.65. The zero-order chi connectivity index (χ0) is 14.5. The van der Waals surface area contributed by atoms with Gasteiger partial charge in [0, 0.05) is 24.1 Å². The zero-order valence-electron chi connectivity index (χ0n) is 11.4. The summed E-state index contributed by atoms with van der Waals surface area (Å²) in [5, 5.41) is 0. The van der Waals surface area contributed by atoms with Gasteiger partial charge in [-0.05, 0) is 41.9 Å². The minimum absolute atomic E-state index is 0.198. The summed E-state index contributed by atoms with van der Waals surface area (Å²) >= 11 is 3.58. The third kappa shape index (κ3) is 4.13. The van der Waals surface area contributed by atoms with Crippen molar-refractivity contribution in [3.63, 3.8) is 0 Å². The summed E-state index contributed by atoms with van der Waals surface area (Å²) in [6, 6.07) is 12.8. The SMILES string of the molecule is CN(Cc1ccc(F)cc1)Cc1ccc(CN)cc1Br. The Morgan fingerprint density at radius 3 is 2.30 bits per heavy atom. The number of nitrogens with two attached hydrogens (primary N) is 1. The lowest BCUT2D eigenvalue weighted by Crippen LogP contribution is -2.17. The van der Waals surface area contributed by atoms with Crippen LogP contribution in [0, 0.1) is 5.82 Å². The first-order valence-corrected chi connectivity index (χ1v) is 7.28. The minimum Gasteiger partial charge on any atom is -0.326 e. The summed E-state index contributed by atoms with van der Waals surface area (Å²) in [5.41, 5.74) is 9.05. The second kappa shape index (κ2) is 6.97. The van der Waals surface area contributed by atoms with Crippen molar-refractivity contribution in [2.75, 3.05) is 7.05 Å².